The van der Waals surface area contributed by atoms with E-state index in [1.165, 1.54) is 0 Å². The Bertz CT molecular complexity index is 565. The van der Waals surface area contributed by atoms with Crippen molar-refractivity contribution in [3.8, 4) is 0 Å². The number of hydrogen-bond donors (Lipinski definition) is 1. The molecule has 120 valence electrons. The van der Waals surface area contributed by atoms with Gasteiger partial charge in [-0.05, 0) is 38.3 Å². The molecule has 6 heteroatoms. The third-order valence-corrected chi connectivity index (χ3v) is 5.95. The number of nitrogens with zero attached hydrogens (tertiary/aromatic N) is 2. The van der Waals surface area contributed by atoms with Crippen molar-refractivity contribution in [1.82, 2.24) is 14.2 Å². The third-order valence-electron chi connectivity index (χ3n) is 4.12. The van der Waals surface area contributed by atoms with E-state index >= 15 is 0 Å². The van der Waals surface area contributed by atoms with Crippen LogP contribution >= 0.6 is 0 Å². The fourth-order valence-corrected chi connectivity index (χ4v) is 4.54. The molecule has 1 aliphatic heterocycles. The Balaban J connectivity index is 2.25. The molecule has 1 fully saturated rings. The zero-order chi connectivity index (χ0) is 15.5. The van der Waals surface area contributed by atoms with E-state index < -0.39 is 10.0 Å². The van der Waals surface area contributed by atoms with Gasteiger partial charge in [0, 0.05) is 38.1 Å². The highest BCUT2D eigenvalue weighted by Crippen LogP contribution is 2.24. The smallest absolute Gasteiger partial charge is 0.244 e. The zero-order valence-electron chi connectivity index (χ0n) is 13.3. The summed E-state index contributed by atoms with van der Waals surface area (Å²) >= 11 is 0. The molecule has 0 bridgehead atoms. The lowest BCUT2D eigenvalue weighted by Gasteiger charge is -2.29. The predicted octanol–water partition coefficient (Wildman–Crippen LogP) is 2.04. The van der Waals surface area contributed by atoms with Crippen molar-refractivity contribution in [2.75, 3.05) is 19.6 Å². The average molecular weight is 313 g/mol. The maximum atomic E-state index is 12.8. The van der Waals surface area contributed by atoms with E-state index in [4.69, 9.17) is 0 Å². The second-order valence-corrected chi connectivity index (χ2v) is 7.78. The van der Waals surface area contributed by atoms with Crippen LogP contribution in [0.3, 0.4) is 0 Å². The van der Waals surface area contributed by atoms with Crippen LogP contribution in [-0.4, -0.2) is 36.9 Å². The molecule has 0 aliphatic carbocycles. The Labute approximate surface area is 128 Å². The first-order chi connectivity index (χ1) is 9.98. The van der Waals surface area contributed by atoms with Crippen LogP contribution in [0.1, 0.15) is 39.3 Å². The summed E-state index contributed by atoms with van der Waals surface area (Å²) in [5.41, 5.74) is 1.03. The van der Waals surface area contributed by atoms with Crippen molar-refractivity contribution in [1.29, 1.82) is 0 Å². The summed E-state index contributed by atoms with van der Waals surface area (Å²) in [6, 6.07) is 1.82. The quantitative estimate of drug-likeness (QED) is 0.874. The van der Waals surface area contributed by atoms with Crippen LogP contribution in [0.4, 0.5) is 0 Å². The summed E-state index contributed by atoms with van der Waals surface area (Å²) in [5, 5.41) is 3.26. The lowest BCUT2D eigenvalue weighted by atomic mass is 10.0. The number of piperidine rings is 1. The molecule has 1 aromatic rings. The fourth-order valence-electron chi connectivity index (χ4n) is 2.88. The Hall–Kier alpha value is -0.850. The van der Waals surface area contributed by atoms with Crippen molar-refractivity contribution in [3.63, 3.8) is 0 Å². The molecule has 0 saturated carbocycles. The van der Waals surface area contributed by atoms with E-state index in [1.54, 1.807) is 10.5 Å². The summed E-state index contributed by atoms with van der Waals surface area (Å²) in [4.78, 5) is 0.436. The number of sulfonamides is 1. The second kappa shape index (κ2) is 6.94. The first kappa shape index (κ1) is 16.5. The van der Waals surface area contributed by atoms with Crippen LogP contribution in [0.25, 0.3) is 0 Å². The van der Waals surface area contributed by atoms with E-state index in [0.717, 1.165) is 31.6 Å². The summed E-state index contributed by atoms with van der Waals surface area (Å²) in [6.07, 6.45) is 3.86. The van der Waals surface area contributed by atoms with Gasteiger partial charge in [-0.3, -0.25) is 0 Å². The van der Waals surface area contributed by atoms with Gasteiger partial charge in [-0.25, -0.2) is 8.42 Å². The molecule has 21 heavy (non-hydrogen) atoms. The van der Waals surface area contributed by atoms with Gasteiger partial charge in [0.15, 0.2) is 0 Å². The summed E-state index contributed by atoms with van der Waals surface area (Å²) in [6.45, 7) is 9.86. The van der Waals surface area contributed by atoms with Crippen molar-refractivity contribution >= 4 is 10.0 Å². The van der Waals surface area contributed by atoms with E-state index in [-0.39, 0.29) is 0 Å². The molecule has 0 amide bonds. The van der Waals surface area contributed by atoms with Crippen molar-refractivity contribution in [2.24, 2.45) is 5.92 Å². The van der Waals surface area contributed by atoms with E-state index in [1.807, 2.05) is 24.5 Å². The van der Waals surface area contributed by atoms with E-state index in [9.17, 15) is 8.42 Å². The monoisotopic (exact) mass is 313 g/mol. The maximum Gasteiger partial charge on any atom is 0.244 e. The van der Waals surface area contributed by atoms with Gasteiger partial charge in [0.05, 0.1) is 0 Å². The first-order valence-electron chi connectivity index (χ1n) is 7.89. The van der Waals surface area contributed by atoms with Gasteiger partial charge >= 0.3 is 0 Å². The minimum atomic E-state index is -3.35. The lowest BCUT2D eigenvalue weighted by Crippen LogP contribution is -2.38. The molecule has 1 aromatic heterocycles. The van der Waals surface area contributed by atoms with E-state index in [2.05, 4.69) is 12.2 Å². The van der Waals surface area contributed by atoms with Crippen LogP contribution in [-0.2, 0) is 23.1 Å². The maximum absolute atomic E-state index is 12.8. The number of nitrogens with one attached hydrogen (secondary N) is 1. The fraction of sp³-hybridized carbons (Fsp3) is 0.733. The van der Waals surface area contributed by atoms with Gasteiger partial charge in [0.25, 0.3) is 0 Å². The molecule has 1 saturated heterocycles. The topological polar surface area (TPSA) is 54.3 Å². The molecule has 2 rings (SSSR count). The Morgan fingerprint density at radius 2 is 2.14 bits per heavy atom. The number of aryl methyl sites for hydroxylation is 1. The zero-order valence-corrected chi connectivity index (χ0v) is 14.1. The summed E-state index contributed by atoms with van der Waals surface area (Å²) in [5.74, 6) is 0.447. The van der Waals surface area contributed by atoms with Gasteiger partial charge in [-0.1, -0.05) is 13.8 Å². The molecular weight excluding hydrogens is 286 g/mol. The molecule has 1 atom stereocenters. The molecular formula is C15H27N3O2S. The highest BCUT2D eigenvalue weighted by molar-refractivity contribution is 7.89. The van der Waals surface area contributed by atoms with Gasteiger partial charge in [0.1, 0.15) is 4.90 Å². The largest absolute Gasteiger partial charge is 0.349 e. The van der Waals surface area contributed by atoms with Gasteiger partial charge < -0.3 is 9.88 Å². The molecule has 1 N–H and O–H groups in total. The standard InChI is InChI=1S/C15H27N3O2S/c1-4-16-10-14-9-15(12-17(14)5-2)21(19,20)18-8-6-7-13(3)11-18/h9,12-13,16H,4-8,10-11H2,1-3H3. The van der Waals surface area contributed by atoms with Gasteiger partial charge in [0.2, 0.25) is 10.0 Å². The molecule has 0 radical (unpaired) electrons. The van der Waals surface area contributed by atoms with Crippen LogP contribution in [0.5, 0.6) is 0 Å². The minimum Gasteiger partial charge on any atom is -0.349 e. The van der Waals surface area contributed by atoms with E-state index in [0.29, 0.717) is 30.4 Å². The van der Waals surface area contributed by atoms with Crippen molar-refractivity contribution in [3.05, 3.63) is 18.0 Å². The Morgan fingerprint density at radius 1 is 1.38 bits per heavy atom. The van der Waals surface area contributed by atoms with Crippen LogP contribution < -0.4 is 5.32 Å². The van der Waals surface area contributed by atoms with Gasteiger partial charge in [-0.15, -0.1) is 0 Å². The SMILES string of the molecule is CCNCc1cc(S(=O)(=O)N2CCCC(C)C2)cn1CC. The van der Waals surface area contributed by atoms with Crippen LogP contribution in [0.15, 0.2) is 17.2 Å². The van der Waals surface area contributed by atoms with Crippen LogP contribution in [0, 0.1) is 5.92 Å². The minimum absolute atomic E-state index is 0.436. The number of hydrogen-bond acceptors (Lipinski definition) is 3. The molecule has 0 spiro atoms. The first-order valence-corrected chi connectivity index (χ1v) is 9.33. The summed E-state index contributed by atoms with van der Waals surface area (Å²) in [7, 11) is -3.35. The van der Waals surface area contributed by atoms with Gasteiger partial charge in [-0.2, -0.15) is 4.31 Å². The highest BCUT2D eigenvalue weighted by Gasteiger charge is 2.29. The highest BCUT2D eigenvalue weighted by atomic mass is 32.2. The molecule has 1 aliphatic rings. The molecule has 5 nitrogen and oxygen atoms in total. The predicted molar refractivity (Wildman–Crippen MR) is 84.6 cm³/mol. The Morgan fingerprint density at radius 3 is 2.76 bits per heavy atom. The number of aromatic nitrogens is 1. The molecule has 1 unspecified atom stereocenters. The van der Waals surface area contributed by atoms with Crippen molar-refractivity contribution in [2.45, 2.75) is 51.6 Å². The molecule has 0 aromatic carbocycles. The summed E-state index contributed by atoms with van der Waals surface area (Å²) < 4.78 is 29.2. The molecule has 2 heterocycles. The van der Waals surface area contributed by atoms with Crippen LogP contribution in [0.2, 0.25) is 0 Å². The van der Waals surface area contributed by atoms with Crippen molar-refractivity contribution < 1.29 is 8.42 Å². The normalized spacial score (nSPS) is 20.8. The average Bonchev–Trinajstić information content (AvgIpc) is 2.89. The lowest BCUT2D eigenvalue weighted by molar-refractivity contribution is 0.281. The second-order valence-electron chi connectivity index (χ2n) is 5.84. The third kappa shape index (κ3) is 3.67. The Kier molecular flexibility index (Phi) is 5.46. The number of rotatable bonds is 6.